The van der Waals surface area contributed by atoms with Crippen LogP contribution in [0.4, 0.5) is 0 Å². The Kier molecular flexibility index (Phi) is 5.95. The minimum atomic E-state index is -1.20. The van der Waals surface area contributed by atoms with Crippen molar-refractivity contribution in [3.05, 3.63) is 35.5 Å². The topological polar surface area (TPSA) is 92.7 Å². The summed E-state index contributed by atoms with van der Waals surface area (Å²) >= 11 is 0. The van der Waals surface area contributed by atoms with Crippen LogP contribution >= 0.6 is 0 Å². The van der Waals surface area contributed by atoms with Crippen LogP contribution in [0.15, 0.2) is 35.5 Å². The molecule has 1 saturated heterocycles. The molecule has 0 aromatic carbocycles. The number of aliphatic hydroxyl groups is 1. The fourth-order valence-electron chi connectivity index (χ4n) is 3.12. The number of nitrogens with one attached hydrogen (secondary N) is 1. The highest BCUT2D eigenvalue weighted by molar-refractivity contribution is 5.91. The lowest BCUT2D eigenvalue weighted by molar-refractivity contribution is -0.138. The SMILES string of the molecule is C=C1C(=O)O[C@@H]2/C=C(\C)CC/C=C(/C=O)[C@H](NC(=O)C(C)C)[C@@H](O)[C@H]12. The van der Waals surface area contributed by atoms with E-state index < -0.39 is 30.1 Å². The molecule has 136 valence electrons. The predicted molar refractivity (Wildman–Crippen MR) is 92.4 cm³/mol. The smallest absolute Gasteiger partial charge is 0.334 e. The molecule has 2 rings (SSSR count). The number of amides is 1. The number of aliphatic hydroxyl groups excluding tert-OH is 1. The van der Waals surface area contributed by atoms with Crippen molar-refractivity contribution in [1.29, 1.82) is 0 Å². The van der Waals surface area contributed by atoms with E-state index in [0.717, 1.165) is 5.57 Å². The van der Waals surface area contributed by atoms with Gasteiger partial charge in [-0.1, -0.05) is 32.1 Å². The van der Waals surface area contributed by atoms with Gasteiger partial charge in [0.05, 0.1) is 18.1 Å². The van der Waals surface area contributed by atoms with Crippen molar-refractivity contribution in [3.63, 3.8) is 0 Å². The van der Waals surface area contributed by atoms with E-state index in [1.165, 1.54) is 0 Å². The summed E-state index contributed by atoms with van der Waals surface area (Å²) in [6, 6.07) is -0.919. The summed E-state index contributed by atoms with van der Waals surface area (Å²) < 4.78 is 5.32. The molecule has 1 aliphatic carbocycles. The van der Waals surface area contributed by atoms with Crippen LogP contribution in [0.25, 0.3) is 0 Å². The van der Waals surface area contributed by atoms with E-state index >= 15 is 0 Å². The van der Waals surface area contributed by atoms with Crippen LogP contribution < -0.4 is 5.32 Å². The number of esters is 1. The van der Waals surface area contributed by atoms with Crippen molar-refractivity contribution in [2.75, 3.05) is 0 Å². The standard InChI is InChI=1S/C19H25NO5/c1-10(2)18(23)20-16-13(9-21)7-5-6-11(3)8-14-15(17(16)22)12(4)19(24)25-14/h7-10,14-17,22H,4-6H2,1-3H3,(H,20,23)/b11-8+,13-7-/t14-,15-,16+,17+/m1/s1. The van der Waals surface area contributed by atoms with Gasteiger partial charge in [0.1, 0.15) is 12.4 Å². The molecule has 6 nitrogen and oxygen atoms in total. The first-order valence-electron chi connectivity index (χ1n) is 8.47. The molecule has 1 aliphatic heterocycles. The van der Waals surface area contributed by atoms with E-state index in [1.54, 1.807) is 19.9 Å². The normalized spacial score (nSPS) is 34.3. The number of carbonyl (C=O) groups is 3. The molecule has 0 spiro atoms. The number of aldehydes is 1. The number of hydrogen-bond donors (Lipinski definition) is 2. The Bertz CT molecular complexity index is 646. The Morgan fingerprint density at radius 3 is 2.76 bits per heavy atom. The number of allylic oxidation sites excluding steroid dienone is 2. The third-order valence-corrected chi connectivity index (χ3v) is 4.66. The maximum absolute atomic E-state index is 12.2. The Hall–Kier alpha value is -2.21. The van der Waals surface area contributed by atoms with Crippen LogP contribution in [0.2, 0.25) is 0 Å². The second-order valence-corrected chi connectivity index (χ2v) is 6.93. The first-order chi connectivity index (χ1) is 11.8. The highest BCUT2D eigenvalue weighted by atomic mass is 16.6. The molecular weight excluding hydrogens is 322 g/mol. The van der Waals surface area contributed by atoms with Crippen molar-refractivity contribution in [3.8, 4) is 0 Å². The molecule has 4 atom stereocenters. The molecule has 0 saturated carbocycles. The first kappa shape index (κ1) is 19.1. The van der Waals surface area contributed by atoms with Gasteiger partial charge in [0.25, 0.3) is 0 Å². The Morgan fingerprint density at radius 2 is 2.16 bits per heavy atom. The average Bonchev–Trinajstić information content (AvgIpc) is 2.82. The molecule has 25 heavy (non-hydrogen) atoms. The summed E-state index contributed by atoms with van der Waals surface area (Å²) in [5, 5.41) is 13.7. The summed E-state index contributed by atoms with van der Waals surface area (Å²) in [5.41, 5.74) is 1.44. The van der Waals surface area contributed by atoms with Crippen molar-refractivity contribution < 1.29 is 24.2 Å². The molecule has 1 amide bonds. The molecule has 2 aliphatic rings. The van der Waals surface area contributed by atoms with Crippen LogP contribution in [0.1, 0.15) is 33.6 Å². The van der Waals surface area contributed by atoms with Gasteiger partial charge in [-0.25, -0.2) is 4.79 Å². The van der Waals surface area contributed by atoms with Crippen molar-refractivity contribution >= 4 is 18.2 Å². The number of hydrogen-bond acceptors (Lipinski definition) is 5. The van der Waals surface area contributed by atoms with Crippen LogP contribution in [0.3, 0.4) is 0 Å². The van der Waals surface area contributed by atoms with E-state index in [-0.39, 0.29) is 17.4 Å². The molecule has 0 unspecified atom stereocenters. The highest BCUT2D eigenvalue weighted by Gasteiger charge is 2.45. The molecule has 0 aromatic heterocycles. The van der Waals surface area contributed by atoms with Gasteiger partial charge < -0.3 is 15.2 Å². The quantitative estimate of drug-likeness (QED) is 0.349. The molecule has 2 N–H and O–H groups in total. The van der Waals surface area contributed by atoms with Crippen molar-refractivity contribution in [2.45, 2.75) is 51.9 Å². The summed E-state index contributed by atoms with van der Waals surface area (Å²) in [6.07, 6.45) is 3.59. The van der Waals surface area contributed by atoms with E-state index in [9.17, 15) is 19.5 Å². The van der Waals surface area contributed by atoms with Crippen LogP contribution in [0.5, 0.6) is 0 Å². The molecule has 6 heteroatoms. The number of carbonyl (C=O) groups excluding carboxylic acids is 3. The number of fused-ring (bicyclic) bond motifs is 1. The van der Waals surface area contributed by atoms with Gasteiger partial charge in [-0.3, -0.25) is 9.59 Å². The fraction of sp³-hybridized carbons (Fsp3) is 0.526. The molecule has 0 aromatic rings. The number of rotatable bonds is 3. The maximum atomic E-state index is 12.2. The van der Waals surface area contributed by atoms with E-state index in [2.05, 4.69) is 11.9 Å². The fourth-order valence-corrected chi connectivity index (χ4v) is 3.12. The second-order valence-electron chi connectivity index (χ2n) is 6.93. The zero-order valence-electron chi connectivity index (χ0n) is 14.8. The lowest BCUT2D eigenvalue weighted by Gasteiger charge is -2.31. The van der Waals surface area contributed by atoms with E-state index in [1.807, 2.05) is 13.0 Å². The summed E-state index contributed by atoms with van der Waals surface area (Å²) in [5.74, 6) is -1.88. The Morgan fingerprint density at radius 1 is 1.48 bits per heavy atom. The zero-order chi connectivity index (χ0) is 18.7. The largest absolute Gasteiger partial charge is 0.454 e. The monoisotopic (exact) mass is 347 g/mol. The van der Waals surface area contributed by atoms with Gasteiger partial charge in [-0.15, -0.1) is 0 Å². The van der Waals surface area contributed by atoms with E-state index in [0.29, 0.717) is 24.7 Å². The van der Waals surface area contributed by atoms with Gasteiger partial charge in [-0.2, -0.15) is 0 Å². The minimum Gasteiger partial charge on any atom is -0.454 e. The zero-order valence-corrected chi connectivity index (χ0v) is 14.8. The van der Waals surface area contributed by atoms with Gasteiger partial charge >= 0.3 is 5.97 Å². The third kappa shape index (κ3) is 4.07. The Balaban J connectivity index is 2.46. The highest BCUT2D eigenvalue weighted by Crippen LogP contribution is 2.34. The van der Waals surface area contributed by atoms with Gasteiger partial charge in [0, 0.05) is 17.1 Å². The number of ether oxygens (including phenoxy) is 1. The van der Waals surface area contributed by atoms with Crippen LogP contribution in [-0.2, 0) is 19.1 Å². The predicted octanol–water partition coefficient (Wildman–Crippen LogP) is 1.45. The van der Waals surface area contributed by atoms with Crippen LogP contribution in [-0.4, -0.2) is 41.5 Å². The van der Waals surface area contributed by atoms with Gasteiger partial charge in [0.2, 0.25) is 5.91 Å². The molecule has 1 heterocycles. The van der Waals surface area contributed by atoms with Crippen LogP contribution in [0, 0.1) is 11.8 Å². The van der Waals surface area contributed by atoms with Crippen molar-refractivity contribution in [2.24, 2.45) is 11.8 Å². The van der Waals surface area contributed by atoms with Crippen molar-refractivity contribution in [1.82, 2.24) is 5.32 Å². The lowest BCUT2D eigenvalue weighted by Crippen LogP contribution is -2.51. The first-order valence-corrected chi connectivity index (χ1v) is 8.47. The average molecular weight is 347 g/mol. The summed E-state index contributed by atoms with van der Waals surface area (Å²) in [4.78, 5) is 35.7. The summed E-state index contributed by atoms with van der Waals surface area (Å²) in [6.45, 7) is 9.09. The van der Waals surface area contributed by atoms with E-state index in [4.69, 9.17) is 4.74 Å². The molecule has 0 bridgehead atoms. The second kappa shape index (κ2) is 7.78. The minimum absolute atomic E-state index is 0.149. The lowest BCUT2D eigenvalue weighted by atomic mass is 9.82. The molecule has 0 radical (unpaired) electrons. The maximum Gasteiger partial charge on any atom is 0.334 e. The third-order valence-electron chi connectivity index (χ3n) is 4.66. The van der Waals surface area contributed by atoms with Gasteiger partial charge in [-0.05, 0) is 25.8 Å². The van der Waals surface area contributed by atoms with Gasteiger partial charge in [0.15, 0.2) is 0 Å². The Labute approximate surface area is 147 Å². The molecule has 1 fully saturated rings. The summed E-state index contributed by atoms with van der Waals surface area (Å²) in [7, 11) is 0. The molecular formula is C19H25NO5.